The predicted octanol–water partition coefficient (Wildman–Crippen LogP) is 2.12. The van der Waals surface area contributed by atoms with E-state index in [1.54, 1.807) is 0 Å². The second kappa shape index (κ2) is 6.53. The van der Waals surface area contributed by atoms with Gasteiger partial charge in [-0.25, -0.2) is 4.98 Å². The van der Waals surface area contributed by atoms with Crippen molar-refractivity contribution in [2.24, 2.45) is 0 Å². The number of hydrogen-bond donors (Lipinski definition) is 2. The Balaban J connectivity index is 1.88. The average molecular weight is 265 g/mol. The maximum absolute atomic E-state index is 10.7. The average Bonchev–Trinajstić information content (AvgIpc) is 2.85. The summed E-state index contributed by atoms with van der Waals surface area (Å²) in [5, 5.41) is 14.3. The van der Waals surface area contributed by atoms with Crippen LogP contribution in [-0.2, 0) is 13.0 Å². The number of hydrogen-bond acceptors (Lipinski definition) is 3. The zero-order chi connectivity index (χ0) is 13.7. The SMILES string of the molecule is CCCNC1CCC(O)(Cc2nccn2CC)CC1. The van der Waals surface area contributed by atoms with Gasteiger partial charge in [0.1, 0.15) is 5.82 Å². The van der Waals surface area contributed by atoms with E-state index in [2.05, 4.69) is 28.7 Å². The van der Waals surface area contributed by atoms with E-state index in [1.807, 2.05) is 12.4 Å². The molecule has 0 saturated heterocycles. The normalized spacial score (nSPS) is 27.6. The third-order valence-electron chi connectivity index (χ3n) is 4.23. The Labute approximate surface area is 116 Å². The highest BCUT2D eigenvalue weighted by Crippen LogP contribution is 2.31. The van der Waals surface area contributed by atoms with Crippen LogP contribution in [0.3, 0.4) is 0 Å². The quantitative estimate of drug-likeness (QED) is 0.828. The minimum atomic E-state index is -0.553. The van der Waals surface area contributed by atoms with Crippen LogP contribution in [0, 0.1) is 0 Å². The van der Waals surface area contributed by atoms with Crippen molar-refractivity contribution in [3.63, 3.8) is 0 Å². The van der Waals surface area contributed by atoms with Gasteiger partial charge in [0.05, 0.1) is 5.60 Å². The summed E-state index contributed by atoms with van der Waals surface area (Å²) in [5.41, 5.74) is -0.553. The molecule has 1 aliphatic carbocycles. The number of rotatable bonds is 6. The van der Waals surface area contributed by atoms with Crippen LogP contribution in [-0.4, -0.2) is 32.8 Å². The van der Waals surface area contributed by atoms with Crippen molar-refractivity contribution in [2.45, 2.75) is 70.6 Å². The third kappa shape index (κ3) is 3.80. The van der Waals surface area contributed by atoms with Crippen molar-refractivity contribution in [1.29, 1.82) is 0 Å². The van der Waals surface area contributed by atoms with Gasteiger partial charge < -0.3 is 15.0 Å². The number of aromatic nitrogens is 2. The number of aliphatic hydroxyl groups is 1. The van der Waals surface area contributed by atoms with Gasteiger partial charge in [-0.3, -0.25) is 0 Å². The zero-order valence-corrected chi connectivity index (χ0v) is 12.2. The van der Waals surface area contributed by atoms with E-state index in [4.69, 9.17) is 0 Å². The van der Waals surface area contributed by atoms with Crippen molar-refractivity contribution >= 4 is 0 Å². The van der Waals surface area contributed by atoms with Gasteiger partial charge in [-0.1, -0.05) is 6.92 Å². The standard InChI is InChI=1S/C15H27N3O/c1-3-9-16-13-5-7-15(19,8-6-13)12-14-17-10-11-18(14)4-2/h10-11,13,16,19H,3-9,12H2,1-2H3. The third-order valence-corrected chi connectivity index (χ3v) is 4.23. The minimum absolute atomic E-state index is 0.553. The largest absolute Gasteiger partial charge is 0.389 e. The van der Waals surface area contributed by atoms with Crippen LogP contribution in [0.2, 0.25) is 0 Å². The summed E-state index contributed by atoms with van der Waals surface area (Å²) in [7, 11) is 0. The lowest BCUT2D eigenvalue weighted by molar-refractivity contribution is -0.00530. The molecule has 4 nitrogen and oxygen atoms in total. The van der Waals surface area contributed by atoms with Crippen molar-refractivity contribution in [3.05, 3.63) is 18.2 Å². The maximum Gasteiger partial charge on any atom is 0.111 e. The molecule has 1 fully saturated rings. The van der Waals surface area contributed by atoms with Crippen LogP contribution >= 0.6 is 0 Å². The number of aryl methyl sites for hydroxylation is 1. The van der Waals surface area contributed by atoms with Crippen LogP contribution < -0.4 is 5.32 Å². The second-order valence-electron chi connectivity index (χ2n) is 5.76. The molecular weight excluding hydrogens is 238 g/mol. The Morgan fingerprint density at radius 2 is 2.16 bits per heavy atom. The van der Waals surface area contributed by atoms with Crippen LogP contribution in [0.4, 0.5) is 0 Å². The molecule has 0 unspecified atom stereocenters. The zero-order valence-electron chi connectivity index (χ0n) is 12.2. The highest BCUT2D eigenvalue weighted by Gasteiger charge is 2.34. The summed E-state index contributed by atoms with van der Waals surface area (Å²) in [6.45, 7) is 6.31. The fourth-order valence-electron chi connectivity index (χ4n) is 2.97. The predicted molar refractivity (Wildman–Crippen MR) is 77.1 cm³/mol. The molecule has 1 aliphatic rings. The molecule has 1 aromatic heterocycles. The summed E-state index contributed by atoms with van der Waals surface area (Å²) in [6.07, 6.45) is 9.59. The number of nitrogens with one attached hydrogen (secondary N) is 1. The molecule has 1 heterocycles. The molecule has 0 aromatic carbocycles. The topological polar surface area (TPSA) is 50.1 Å². The van der Waals surface area contributed by atoms with Gasteiger partial charge in [-0.05, 0) is 45.6 Å². The molecule has 0 radical (unpaired) electrons. The lowest BCUT2D eigenvalue weighted by Crippen LogP contribution is -2.43. The van der Waals surface area contributed by atoms with Crippen molar-refractivity contribution < 1.29 is 5.11 Å². The Morgan fingerprint density at radius 3 is 2.79 bits per heavy atom. The fourth-order valence-corrected chi connectivity index (χ4v) is 2.97. The smallest absolute Gasteiger partial charge is 0.111 e. The Hall–Kier alpha value is -0.870. The lowest BCUT2D eigenvalue weighted by Gasteiger charge is -2.36. The van der Waals surface area contributed by atoms with E-state index in [0.29, 0.717) is 12.5 Å². The molecule has 1 saturated carbocycles. The first kappa shape index (κ1) is 14.5. The number of nitrogens with zero attached hydrogens (tertiary/aromatic N) is 2. The summed E-state index contributed by atoms with van der Waals surface area (Å²) < 4.78 is 2.12. The van der Waals surface area contributed by atoms with Crippen LogP contribution in [0.1, 0.15) is 51.8 Å². The highest BCUT2D eigenvalue weighted by molar-refractivity contribution is 5.01. The van der Waals surface area contributed by atoms with Crippen LogP contribution in [0.5, 0.6) is 0 Å². The van der Waals surface area contributed by atoms with Crippen LogP contribution in [0.25, 0.3) is 0 Å². The fraction of sp³-hybridized carbons (Fsp3) is 0.800. The van der Waals surface area contributed by atoms with Gasteiger partial charge in [0.2, 0.25) is 0 Å². The van der Waals surface area contributed by atoms with Gasteiger partial charge in [0.25, 0.3) is 0 Å². The van der Waals surface area contributed by atoms with E-state index in [0.717, 1.165) is 44.6 Å². The van der Waals surface area contributed by atoms with Crippen molar-refractivity contribution in [3.8, 4) is 0 Å². The molecule has 1 aromatic rings. The Morgan fingerprint density at radius 1 is 1.42 bits per heavy atom. The second-order valence-corrected chi connectivity index (χ2v) is 5.76. The number of imidazole rings is 1. The molecule has 0 amide bonds. The van der Waals surface area contributed by atoms with Crippen molar-refractivity contribution in [2.75, 3.05) is 6.54 Å². The van der Waals surface area contributed by atoms with Gasteiger partial charge in [-0.15, -0.1) is 0 Å². The maximum atomic E-state index is 10.7. The van der Waals surface area contributed by atoms with E-state index in [1.165, 1.54) is 6.42 Å². The first-order chi connectivity index (χ1) is 9.17. The monoisotopic (exact) mass is 265 g/mol. The van der Waals surface area contributed by atoms with Crippen molar-refractivity contribution in [1.82, 2.24) is 14.9 Å². The molecule has 2 N–H and O–H groups in total. The van der Waals surface area contributed by atoms with Gasteiger partial charge in [0, 0.05) is 31.4 Å². The molecule has 4 heteroatoms. The molecular formula is C15H27N3O. The first-order valence-corrected chi connectivity index (χ1v) is 7.62. The molecule has 19 heavy (non-hydrogen) atoms. The molecule has 0 aliphatic heterocycles. The van der Waals surface area contributed by atoms with Gasteiger partial charge >= 0.3 is 0 Å². The van der Waals surface area contributed by atoms with E-state index in [-0.39, 0.29) is 0 Å². The lowest BCUT2D eigenvalue weighted by atomic mass is 9.80. The Bertz CT molecular complexity index is 380. The summed E-state index contributed by atoms with van der Waals surface area (Å²) in [6, 6.07) is 0.589. The summed E-state index contributed by atoms with van der Waals surface area (Å²) in [5.74, 6) is 1.02. The van der Waals surface area contributed by atoms with E-state index >= 15 is 0 Å². The van der Waals surface area contributed by atoms with E-state index in [9.17, 15) is 5.11 Å². The highest BCUT2D eigenvalue weighted by atomic mass is 16.3. The van der Waals surface area contributed by atoms with Gasteiger partial charge in [0.15, 0.2) is 0 Å². The molecule has 108 valence electrons. The minimum Gasteiger partial charge on any atom is -0.389 e. The molecule has 0 bridgehead atoms. The first-order valence-electron chi connectivity index (χ1n) is 7.62. The summed E-state index contributed by atoms with van der Waals surface area (Å²) >= 11 is 0. The van der Waals surface area contributed by atoms with E-state index < -0.39 is 5.60 Å². The Kier molecular flexibility index (Phi) is 4.99. The summed E-state index contributed by atoms with van der Waals surface area (Å²) in [4.78, 5) is 4.38. The van der Waals surface area contributed by atoms with Crippen LogP contribution in [0.15, 0.2) is 12.4 Å². The molecule has 2 rings (SSSR count). The molecule has 0 atom stereocenters. The van der Waals surface area contributed by atoms with Gasteiger partial charge in [-0.2, -0.15) is 0 Å². The molecule has 0 spiro atoms.